The summed E-state index contributed by atoms with van der Waals surface area (Å²) >= 11 is 0. The van der Waals surface area contributed by atoms with E-state index in [9.17, 15) is 18.5 Å². The Balaban J connectivity index is 3.63. The first-order chi connectivity index (χ1) is 8.87. The van der Waals surface area contributed by atoms with E-state index in [1.54, 1.807) is 32.1 Å². The summed E-state index contributed by atoms with van der Waals surface area (Å²) in [6.07, 6.45) is 2.46. The van der Waals surface area contributed by atoms with Crippen molar-refractivity contribution in [1.82, 2.24) is 4.83 Å². The third-order valence-electron chi connectivity index (χ3n) is 2.80. The summed E-state index contributed by atoms with van der Waals surface area (Å²) in [5.74, 6) is 0. The Morgan fingerprint density at radius 1 is 1.37 bits per heavy atom. The van der Waals surface area contributed by atoms with Crippen molar-refractivity contribution in [1.29, 1.82) is 0 Å². The molecule has 0 saturated heterocycles. The van der Waals surface area contributed by atoms with E-state index in [1.165, 1.54) is 4.83 Å². The van der Waals surface area contributed by atoms with Gasteiger partial charge in [-0.2, -0.15) is 8.42 Å². The first kappa shape index (κ1) is 15.2. The number of nitrogens with zero attached hydrogens (tertiary/aromatic N) is 1. The molecule has 6 nitrogen and oxygen atoms in total. The molecule has 0 bridgehead atoms. The number of nitrogens with one attached hydrogen (secondary N) is 1. The van der Waals surface area contributed by atoms with Gasteiger partial charge in [0, 0.05) is 0 Å². The maximum Gasteiger partial charge on any atom is 0.311 e. The lowest BCUT2D eigenvalue weighted by atomic mass is 10.0. The second-order valence-corrected chi connectivity index (χ2v) is 5.48. The van der Waals surface area contributed by atoms with Gasteiger partial charge in [-0.05, 0) is 34.4 Å². The largest absolute Gasteiger partial charge is 0.311 e. The van der Waals surface area contributed by atoms with E-state index in [0.29, 0.717) is 29.5 Å². The molecule has 0 aromatic heterocycles. The molecule has 0 spiro atoms. The maximum atomic E-state index is 12.1. The van der Waals surface area contributed by atoms with Crippen LogP contribution in [0, 0.1) is 10.1 Å². The summed E-state index contributed by atoms with van der Waals surface area (Å²) in [7, 11) is -4.17. The Labute approximate surface area is 112 Å². The van der Waals surface area contributed by atoms with Crippen molar-refractivity contribution in [2.75, 3.05) is 0 Å². The molecule has 0 aliphatic carbocycles. The van der Waals surface area contributed by atoms with Crippen LogP contribution in [0.5, 0.6) is 0 Å². The summed E-state index contributed by atoms with van der Waals surface area (Å²) < 4.78 is 24.2. The van der Waals surface area contributed by atoms with Gasteiger partial charge >= 0.3 is 10.0 Å². The van der Waals surface area contributed by atoms with Crippen molar-refractivity contribution in [2.45, 2.75) is 31.6 Å². The zero-order valence-electron chi connectivity index (χ0n) is 10.8. The van der Waals surface area contributed by atoms with Gasteiger partial charge in [-0.25, -0.2) is 10.1 Å². The summed E-state index contributed by atoms with van der Waals surface area (Å²) in [6, 6.07) is 3.43. The standard InChI is InChI=1S/C12H16N2O4S/c1-4-9-7-8-10(5-2)12(11(9)6-3)19(17,18)13-14(15)16/h4,7-8,13H,1,5-6H2,2-3H3. The van der Waals surface area contributed by atoms with Crippen LogP contribution in [0.2, 0.25) is 0 Å². The van der Waals surface area contributed by atoms with Crippen LogP contribution in [-0.4, -0.2) is 13.5 Å². The second kappa shape index (κ2) is 5.83. The van der Waals surface area contributed by atoms with E-state index < -0.39 is 15.1 Å². The minimum Gasteiger partial charge on any atom is -0.234 e. The highest BCUT2D eigenvalue weighted by molar-refractivity contribution is 7.89. The average molecular weight is 284 g/mol. The van der Waals surface area contributed by atoms with E-state index in [4.69, 9.17) is 0 Å². The summed E-state index contributed by atoms with van der Waals surface area (Å²) in [5.41, 5.74) is 1.77. The fraction of sp³-hybridized carbons (Fsp3) is 0.333. The molecule has 1 aromatic carbocycles. The van der Waals surface area contributed by atoms with E-state index >= 15 is 0 Å². The van der Waals surface area contributed by atoms with Crippen molar-refractivity contribution in [3.8, 4) is 0 Å². The van der Waals surface area contributed by atoms with Gasteiger partial charge in [0.1, 0.15) is 0 Å². The molecule has 0 aliphatic rings. The van der Waals surface area contributed by atoms with Gasteiger partial charge < -0.3 is 0 Å². The third-order valence-corrected chi connectivity index (χ3v) is 4.23. The molecule has 1 N–H and O–H groups in total. The number of benzene rings is 1. The zero-order chi connectivity index (χ0) is 14.6. The number of nitro groups is 1. The predicted octanol–water partition coefficient (Wildman–Crippen LogP) is 1.92. The summed E-state index contributed by atoms with van der Waals surface area (Å²) in [5, 5.41) is 9.38. The van der Waals surface area contributed by atoms with Crippen LogP contribution in [0.3, 0.4) is 0 Å². The van der Waals surface area contributed by atoms with Crippen LogP contribution in [0.25, 0.3) is 6.08 Å². The van der Waals surface area contributed by atoms with Crippen molar-refractivity contribution in [2.24, 2.45) is 0 Å². The molecule has 104 valence electrons. The molecule has 0 unspecified atom stereocenters. The smallest absolute Gasteiger partial charge is 0.234 e. The molecule has 7 heteroatoms. The first-order valence-electron chi connectivity index (χ1n) is 5.81. The summed E-state index contributed by atoms with van der Waals surface area (Å²) in [6.45, 7) is 7.23. The van der Waals surface area contributed by atoms with Crippen LogP contribution in [0.15, 0.2) is 23.6 Å². The number of rotatable bonds is 6. The number of hydrogen-bond acceptors (Lipinski definition) is 4. The van der Waals surface area contributed by atoms with Gasteiger partial charge in [0.05, 0.1) is 4.90 Å². The molecule has 0 radical (unpaired) electrons. The zero-order valence-corrected chi connectivity index (χ0v) is 11.7. The predicted molar refractivity (Wildman–Crippen MR) is 72.6 cm³/mol. The lowest BCUT2D eigenvalue weighted by molar-refractivity contribution is -0.518. The van der Waals surface area contributed by atoms with E-state index in [0.717, 1.165) is 0 Å². The monoisotopic (exact) mass is 284 g/mol. The molecule has 0 atom stereocenters. The van der Waals surface area contributed by atoms with E-state index in [1.807, 2.05) is 0 Å². The highest BCUT2D eigenvalue weighted by Gasteiger charge is 2.26. The molecule has 1 rings (SSSR count). The lowest BCUT2D eigenvalue weighted by Crippen LogP contribution is -2.31. The van der Waals surface area contributed by atoms with Gasteiger partial charge in [0.2, 0.25) is 0 Å². The fourth-order valence-electron chi connectivity index (χ4n) is 2.00. The molecule has 0 fully saturated rings. The first-order valence-corrected chi connectivity index (χ1v) is 7.29. The van der Waals surface area contributed by atoms with Crippen LogP contribution >= 0.6 is 0 Å². The van der Waals surface area contributed by atoms with Gasteiger partial charge in [-0.3, -0.25) is 0 Å². The molecular weight excluding hydrogens is 268 g/mol. The minimum absolute atomic E-state index is 0.00778. The van der Waals surface area contributed by atoms with Gasteiger partial charge in [0.15, 0.2) is 5.03 Å². The van der Waals surface area contributed by atoms with Crippen LogP contribution in [0.4, 0.5) is 0 Å². The minimum atomic E-state index is -4.17. The highest BCUT2D eigenvalue weighted by Crippen LogP contribution is 2.26. The van der Waals surface area contributed by atoms with E-state index in [2.05, 4.69) is 6.58 Å². The third kappa shape index (κ3) is 3.11. The Hall–Kier alpha value is -1.89. The quantitative estimate of drug-likeness (QED) is 0.638. The fourth-order valence-corrected chi connectivity index (χ4v) is 3.44. The molecule has 0 amide bonds. The van der Waals surface area contributed by atoms with Crippen LogP contribution < -0.4 is 4.83 Å². The maximum absolute atomic E-state index is 12.1. The Morgan fingerprint density at radius 2 is 2.00 bits per heavy atom. The molecular formula is C12H16N2O4S. The molecule has 0 aliphatic heterocycles. The Bertz CT molecular complexity index is 608. The Kier molecular flexibility index (Phi) is 4.66. The number of hydrogen-bond donors (Lipinski definition) is 1. The van der Waals surface area contributed by atoms with Crippen molar-refractivity contribution in [3.05, 3.63) is 45.5 Å². The molecule has 19 heavy (non-hydrogen) atoms. The molecule has 0 heterocycles. The van der Waals surface area contributed by atoms with Crippen LogP contribution in [-0.2, 0) is 22.9 Å². The molecule has 1 aromatic rings. The average Bonchev–Trinajstić information content (AvgIpc) is 2.35. The second-order valence-electron chi connectivity index (χ2n) is 3.88. The number of sulfonamides is 1. The van der Waals surface area contributed by atoms with Crippen molar-refractivity contribution < 1.29 is 13.5 Å². The number of aryl methyl sites for hydroxylation is 1. The van der Waals surface area contributed by atoms with Gasteiger partial charge in [-0.15, -0.1) is 0 Å². The van der Waals surface area contributed by atoms with Gasteiger partial charge in [-0.1, -0.05) is 38.6 Å². The topological polar surface area (TPSA) is 89.3 Å². The van der Waals surface area contributed by atoms with Crippen molar-refractivity contribution >= 4 is 16.1 Å². The number of hydrazine groups is 1. The van der Waals surface area contributed by atoms with E-state index in [-0.39, 0.29) is 4.90 Å². The summed E-state index contributed by atoms with van der Waals surface area (Å²) in [4.78, 5) is 11.8. The highest BCUT2D eigenvalue weighted by atomic mass is 32.2. The molecule has 0 saturated carbocycles. The van der Waals surface area contributed by atoms with Gasteiger partial charge in [0.25, 0.3) is 0 Å². The Morgan fingerprint density at radius 3 is 2.42 bits per heavy atom. The SMILES string of the molecule is C=Cc1ccc(CC)c(S(=O)(=O)N[N+](=O)[O-])c1CC. The lowest BCUT2D eigenvalue weighted by Gasteiger charge is -2.14. The normalized spacial score (nSPS) is 11.1. The van der Waals surface area contributed by atoms with Crippen molar-refractivity contribution in [3.63, 3.8) is 0 Å². The van der Waals surface area contributed by atoms with Crippen LogP contribution in [0.1, 0.15) is 30.5 Å².